The van der Waals surface area contributed by atoms with E-state index >= 15 is 0 Å². The molecule has 0 aliphatic carbocycles. The van der Waals surface area contributed by atoms with Crippen molar-refractivity contribution in [3.63, 3.8) is 0 Å². The van der Waals surface area contributed by atoms with Gasteiger partial charge in [0, 0.05) is 5.56 Å². The zero-order valence-electron chi connectivity index (χ0n) is 8.94. The van der Waals surface area contributed by atoms with Crippen molar-refractivity contribution in [2.75, 3.05) is 0 Å². The van der Waals surface area contributed by atoms with Crippen molar-refractivity contribution in [1.29, 1.82) is 0 Å². The molecular formula is C13H6Cl2O2S. The molecule has 2 aromatic rings. The monoisotopic (exact) mass is 296 g/mol. The van der Waals surface area contributed by atoms with Crippen molar-refractivity contribution >= 4 is 39.8 Å². The van der Waals surface area contributed by atoms with E-state index in [0.717, 1.165) is 0 Å². The van der Waals surface area contributed by atoms with Crippen LogP contribution in [0.1, 0.15) is 15.9 Å². The van der Waals surface area contributed by atoms with Crippen molar-refractivity contribution in [3.05, 3.63) is 57.6 Å². The van der Waals surface area contributed by atoms with Gasteiger partial charge in [-0.15, -0.1) is 0 Å². The normalized spacial score (nSPS) is 17.2. The number of hydrogen-bond acceptors (Lipinski definition) is 2. The lowest BCUT2D eigenvalue weighted by atomic mass is 10.0. The molecule has 1 unspecified atom stereocenters. The molecule has 3 rings (SSSR count). The average molecular weight is 297 g/mol. The molecule has 90 valence electrons. The van der Waals surface area contributed by atoms with Crippen molar-refractivity contribution in [2.45, 2.75) is 9.79 Å². The fourth-order valence-electron chi connectivity index (χ4n) is 1.99. The molecule has 1 atom stereocenters. The first-order valence-electron chi connectivity index (χ1n) is 5.15. The number of fused-ring (bicyclic) bond motifs is 2. The van der Waals surface area contributed by atoms with Crippen LogP contribution in [-0.2, 0) is 10.8 Å². The predicted molar refractivity (Wildman–Crippen MR) is 71.0 cm³/mol. The molecule has 2 nitrogen and oxygen atoms in total. The predicted octanol–water partition coefficient (Wildman–Crippen LogP) is 3.70. The van der Waals surface area contributed by atoms with Crippen LogP contribution >= 0.6 is 23.2 Å². The Morgan fingerprint density at radius 1 is 0.944 bits per heavy atom. The molecule has 0 fully saturated rings. The van der Waals surface area contributed by atoms with E-state index in [2.05, 4.69) is 0 Å². The highest BCUT2D eigenvalue weighted by atomic mass is 35.5. The molecule has 0 N–H and O–H groups in total. The van der Waals surface area contributed by atoms with Gasteiger partial charge in [-0.2, -0.15) is 0 Å². The van der Waals surface area contributed by atoms with E-state index in [4.69, 9.17) is 23.2 Å². The Kier molecular flexibility index (Phi) is 2.77. The minimum absolute atomic E-state index is 0.229. The lowest BCUT2D eigenvalue weighted by Crippen LogP contribution is -2.17. The number of rotatable bonds is 0. The number of halogens is 2. The second kappa shape index (κ2) is 4.19. The molecule has 0 spiro atoms. The van der Waals surface area contributed by atoms with E-state index in [9.17, 15) is 9.00 Å². The first-order valence-corrected chi connectivity index (χ1v) is 7.05. The summed E-state index contributed by atoms with van der Waals surface area (Å²) in [6, 6.07) is 9.90. The minimum atomic E-state index is -1.47. The van der Waals surface area contributed by atoms with Crippen LogP contribution in [0.3, 0.4) is 0 Å². The maximum Gasteiger partial charge on any atom is 0.197 e. The second-order valence-electron chi connectivity index (χ2n) is 3.83. The topological polar surface area (TPSA) is 34.1 Å². The smallest absolute Gasteiger partial charge is 0.197 e. The molecule has 0 bridgehead atoms. The fourth-order valence-corrected chi connectivity index (χ4v) is 4.07. The van der Waals surface area contributed by atoms with Crippen LogP contribution in [0.25, 0.3) is 0 Å². The molecule has 5 heteroatoms. The van der Waals surface area contributed by atoms with E-state index in [1.54, 1.807) is 36.4 Å². The van der Waals surface area contributed by atoms with Crippen molar-refractivity contribution < 1.29 is 9.00 Å². The average Bonchev–Trinajstić information content (AvgIpc) is 2.38. The van der Waals surface area contributed by atoms with Gasteiger partial charge in [0.15, 0.2) is 5.78 Å². The van der Waals surface area contributed by atoms with Crippen molar-refractivity contribution in [1.82, 2.24) is 0 Å². The maximum absolute atomic E-state index is 12.4. The van der Waals surface area contributed by atoms with Crippen LogP contribution in [0, 0.1) is 0 Å². The molecule has 0 radical (unpaired) electrons. The molecule has 0 aromatic heterocycles. The molecule has 18 heavy (non-hydrogen) atoms. The Bertz CT molecular complexity index is 650. The summed E-state index contributed by atoms with van der Waals surface area (Å²) >= 11 is 12.1. The molecule has 1 heterocycles. The zero-order chi connectivity index (χ0) is 12.9. The van der Waals surface area contributed by atoms with Gasteiger partial charge in [-0.1, -0.05) is 35.3 Å². The highest BCUT2D eigenvalue weighted by Crippen LogP contribution is 2.38. The van der Waals surface area contributed by atoms with Gasteiger partial charge in [0.2, 0.25) is 0 Å². The summed E-state index contributed by atoms with van der Waals surface area (Å²) in [5.74, 6) is -0.229. The minimum Gasteiger partial charge on any atom is -0.288 e. The molecule has 2 aromatic carbocycles. The summed E-state index contributed by atoms with van der Waals surface area (Å²) in [4.78, 5) is 13.1. The summed E-state index contributed by atoms with van der Waals surface area (Å²) in [7, 11) is -1.47. The van der Waals surface area contributed by atoms with Gasteiger partial charge < -0.3 is 0 Å². The molecule has 0 amide bonds. The largest absolute Gasteiger partial charge is 0.288 e. The molecule has 0 saturated carbocycles. The van der Waals surface area contributed by atoms with E-state index in [0.29, 0.717) is 20.4 Å². The maximum atomic E-state index is 12.4. The highest BCUT2D eigenvalue weighted by molar-refractivity contribution is 7.85. The molecule has 1 aliphatic rings. The van der Waals surface area contributed by atoms with E-state index in [1.807, 2.05) is 0 Å². The summed E-state index contributed by atoms with van der Waals surface area (Å²) in [6.45, 7) is 0. The second-order valence-corrected chi connectivity index (χ2v) is 6.03. The Labute approximate surface area is 116 Å². The SMILES string of the molecule is O=C1c2ccccc2S(=O)c2c(Cl)ccc(Cl)c21. The van der Waals surface area contributed by atoms with Gasteiger partial charge in [-0.05, 0) is 24.3 Å². The van der Waals surface area contributed by atoms with Gasteiger partial charge in [-0.3, -0.25) is 4.79 Å². The molecule has 1 aliphatic heterocycles. The van der Waals surface area contributed by atoms with Crippen molar-refractivity contribution in [3.8, 4) is 0 Å². The van der Waals surface area contributed by atoms with Crippen molar-refractivity contribution in [2.24, 2.45) is 0 Å². The Morgan fingerprint density at radius 2 is 1.61 bits per heavy atom. The summed E-state index contributed by atoms with van der Waals surface area (Å²) in [6.07, 6.45) is 0. The van der Waals surface area contributed by atoms with Gasteiger partial charge in [0.05, 0.1) is 36.2 Å². The summed E-state index contributed by atoms with van der Waals surface area (Å²) in [5.41, 5.74) is 0.675. The number of ketones is 1. The van der Waals surface area contributed by atoms with Crippen LogP contribution in [0.15, 0.2) is 46.2 Å². The van der Waals surface area contributed by atoms with E-state index < -0.39 is 10.8 Å². The third kappa shape index (κ3) is 1.55. The summed E-state index contributed by atoms with van der Waals surface area (Å²) < 4.78 is 12.4. The van der Waals surface area contributed by atoms with E-state index in [1.165, 1.54) is 0 Å². The van der Waals surface area contributed by atoms with Crippen LogP contribution in [-0.4, -0.2) is 9.99 Å². The van der Waals surface area contributed by atoms with Crippen LogP contribution < -0.4 is 0 Å². The third-order valence-corrected chi connectivity index (χ3v) is 5.09. The van der Waals surface area contributed by atoms with Gasteiger partial charge in [0.1, 0.15) is 0 Å². The Hall–Kier alpha value is -1.16. The molecular weight excluding hydrogens is 291 g/mol. The molecule has 0 saturated heterocycles. The fraction of sp³-hybridized carbons (Fsp3) is 0. The zero-order valence-corrected chi connectivity index (χ0v) is 11.3. The third-order valence-electron chi connectivity index (χ3n) is 2.80. The first kappa shape index (κ1) is 11.9. The van der Waals surface area contributed by atoms with Gasteiger partial charge in [-0.25, -0.2) is 4.21 Å². The number of carbonyl (C=O) groups is 1. The Balaban J connectivity index is 2.41. The first-order chi connectivity index (χ1) is 8.61. The van der Waals surface area contributed by atoms with Crippen LogP contribution in [0.2, 0.25) is 10.0 Å². The lowest BCUT2D eigenvalue weighted by Gasteiger charge is -2.19. The lowest BCUT2D eigenvalue weighted by molar-refractivity contribution is 0.103. The van der Waals surface area contributed by atoms with Gasteiger partial charge >= 0.3 is 0 Å². The number of hydrogen-bond donors (Lipinski definition) is 0. The van der Waals surface area contributed by atoms with Gasteiger partial charge in [0.25, 0.3) is 0 Å². The van der Waals surface area contributed by atoms with Crippen LogP contribution in [0.5, 0.6) is 0 Å². The quantitative estimate of drug-likeness (QED) is 0.634. The summed E-state index contributed by atoms with van der Waals surface area (Å²) in [5, 5.41) is 0.581. The number of carbonyl (C=O) groups excluding carboxylic acids is 1. The van der Waals surface area contributed by atoms with Crippen LogP contribution in [0.4, 0.5) is 0 Å². The highest BCUT2D eigenvalue weighted by Gasteiger charge is 2.32. The van der Waals surface area contributed by atoms with E-state index in [-0.39, 0.29) is 16.4 Å². The Morgan fingerprint density at radius 3 is 2.39 bits per heavy atom. The standard InChI is InChI=1S/C13H6Cl2O2S/c14-8-5-6-9(15)13-11(8)12(16)7-3-1-2-4-10(7)18(13)17/h1-6H. The number of benzene rings is 2.